The lowest BCUT2D eigenvalue weighted by Crippen LogP contribution is -2.52. The van der Waals surface area contributed by atoms with Gasteiger partial charge in [-0.2, -0.15) is 0 Å². The summed E-state index contributed by atoms with van der Waals surface area (Å²) in [5.74, 6) is 1.80. The molecule has 3 aliphatic carbocycles. The molecule has 2 heteroatoms. The fraction of sp³-hybridized carbons (Fsp3) is 0.905. The van der Waals surface area contributed by atoms with Crippen molar-refractivity contribution in [2.45, 2.75) is 91.1 Å². The summed E-state index contributed by atoms with van der Waals surface area (Å²) in [6, 6.07) is 0. The van der Waals surface area contributed by atoms with Gasteiger partial charge in [-0.1, -0.05) is 33.8 Å². The smallest absolute Gasteiger partial charge is 0.188 e. The van der Waals surface area contributed by atoms with Crippen molar-refractivity contribution in [1.82, 2.24) is 0 Å². The van der Waals surface area contributed by atoms with E-state index in [4.69, 9.17) is 9.47 Å². The van der Waals surface area contributed by atoms with Crippen LogP contribution in [0.5, 0.6) is 0 Å². The van der Waals surface area contributed by atoms with Crippen LogP contribution in [-0.2, 0) is 9.47 Å². The predicted octanol–water partition coefficient (Wildman–Crippen LogP) is 5.33. The van der Waals surface area contributed by atoms with Crippen molar-refractivity contribution in [3.63, 3.8) is 0 Å². The fourth-order valence-corrected chi connectivity index (χ4v) is 7.35. The molecule has 0 aromatic carbocycles. The molecule has 0 amide bonds. The van der Waals surface area contributed by atoms with Gasteiger partial charge in [-0.3, -0.25) is 0 Å². The van der Waals surface area contributed by atoms with Crippen LogP contribution in [0.4, 0.5) is 0 Å². The molecule has 7 unspecified atom stereocenters. The summed E-state index contributed by atoms with van der Waals surface area (Å²) in [6.45, 7) is 14.1. The standard InChI is InChI=1S/C21H34O2/c1-7-11-21(8-2)22-17-13-20-12-16(19(17,6)23-21)18(4,5)15(20)10-9-14(20)3/h7,11,14-17H,8-10,12-13H2,1-6H3/b11-7+. The molecule has 1 heterocycles. The Bertz CT molecular complexity index is 538. The van der Waals surface area contributed by atoms with Gasteiger partial charge in [-0.05, 0) is 74.2 Å². The van der Waals surface area contributed by atoms with Crippen LogP contribution in [0.3, 0.4) is 0 Å². The summed E-state index contributed by atoms with van der Waals surface area (Å²) < 4.78 is 13.4. The highest BCUT2D eigenvalue weighted by atomic mass is 16.8. The first-order chi connectivity index (χ1) is 10.7. The maximum Gasteiger partial charge on any atom is 0.188 e. The topological polar surface area (TPSA) is 18.5 Å². The summed E-state index contributed by atoms with van der Waals surface area (Å²) in [6.07, 6.45) is 10.7. The summed E-state index contributed by atoms with van der Waals surface area (Å²) in [5.41, 5.74) is 0.729. The number of ether oxygens (including phenoxy) is 2. The van der Waals surface area contributed by atoms with Crippen molar-refractivity contribution in [3.8, 4) is 0 Å². The molecule has 1 spiro atoms. The number of hydrogen-bond acceptors (Lipinski definition) is 2. The zero-order valence-electron chi connectivity index (χ0n) is 15.8. The highest BCUT2D eigenvalue weighted by molar-refractivity contribution is 5.22. The van der Waals surface area contributed by atoms with E-state index in [0.29, 0.717) is 16.7 Å². The molecule has 3 saturated carbocycles. The van der Waals surface area contributed by atoms with Gasteiger partial charge in [0, 0.05) is 6.42 Å². The number of rotatable bonds is 2. The van der Waals surface area contributed by atoms with E-state index < -0.39 is 5.79 Å². The van der Waals surface area contributed by atoms with E-state index in [1.165, 1.54) is 25.7 Å². The van der Waals surface area contributed by atoms with Crippen molar-refractivity contribution >= 4 is 0 Å². The lowest BCUT2D eigenvalue weighted by Gasteiger charge is -2.47. The van der Waals surface area contributed by atoms with Crippen LogP contribution in [0.25, 0.3) is 0 Å². The van der Waals surface area contributed by atoms with Gasteiger partial charge in [-0.25, -0.2) is 0 Å². The third-order valence-electron chi connectivity index (χ3n) is 8.49. The third-order valence-corrected chi connectivity index (χ3v) is 8.49. The summed E-state index contributed by atoms with van der Waals surface area (Å²) in [4.78, 5) is 0. The van der Waals surface area contributed by atoms with Crippen molar-refractivity contribution < 1.29 is 9.47 Å². The largest absolute Gasteiger partial charge is 0.340 e. The molecule has 0 aromatic rings. The van der Waals surface area contributed by atoms with Gasteiger partial charge in [0.1, 0.15) is 0 Å². The molecular formula is C21H34O2. The maximum absolute atomic E-state index is 6.78. The van der Waals surface area contributed by atoms with Crippen molar-refractivity contribution in [1.29, 1.82) is 0 Å². The van der Waals surface area contributed by atoms with Crippen molar-refractivity contribution in [3.05, 3.63) is 12.2 Å². The first-order valence-corrected chi connectivity index (χ1v) is 9.76. The van der Waals surface area contributed by atoms with E-state index in [0.717, 1.165) is 18.3 Å². The summed E-state index contributed by atoms with van der Waals surface area (Å²) >= 11 is 0. The molecular weight excluding hydrogens is 284 g/mol. The first-order valence-electron chi connectivity index (χ1n) is 9.76. The maximum atomic E-state index is 6.78. The molecule has 0 N–H and O–H groups in total. The highest BCUT2D eigenvalue weighted by Crippen LogP contribution is 2.75. The molecule has 23 heavy (non-hydrogen) atoms. The van der Waals surface area contributed by atoms with E-state index in [2.05, 4.69) is 53.7 Å². The normalized spacial score (nSPS) is 57.0. The van der Waals surface area contributed by atoms with Gasteiger partial charge in [0.25, 0.3) is 0 Å². The van der Waals surface area contributed by atoms with Crippen LogP contribution in [0.1, 0.15) is 73.6 Å². The molecule has 0 aromatic heterocycles. The van der Waals surface area contributed by atoms with Gasteiger partial charge >= 0.3 is 0 Å². The minimum atomic E-state index is -0.497. The number of hydrogen-bond donors (Lipinski definition) is 0. The van der Waals surface area contributed by atoms with E-state index in [1.807, 2.05) is 0 Å². The third kappa shape index (κ3) is 1.78. The average Bonchev–Trinajstić information content (AvgIpc) is 3.02. The van der Waals surface area contributed by atoms with Crippen molar-refractivity contribution in [2.75, 3.05) is 0 Å². The monoisotopic (exact) mass is 318 g/mol. The Balaban J connectivity index is 1.78. The quantitative estimate of drug-likeness (QED) is 0.641. The second-order valence-corrected chi connectivity index (χ2v) is 9.60. The van der Waals surface area contributed by atoms with Crippen LogP contribution in [-0.4, -0.2) is 17.5 Å². The molecule has 0 radical (unpaired) electrons. The van der Waals surface area contributed by atoms with Gasteiger partial charge in [0.2, 0.25) is 0 Å². The minimum absolute atomic E-state index is 0.131. The van der Waals surface area contributed by atoms with Gasteiger partial charge in [0.05, 0.1) is 11.7 Å². The van der Waals surface area contributed by atoms with E-state index in [1.54, 1.807) is 0 Å². The fourth-order valence-electron chi connectivity index (χ4n) is 7.35. The molecule has 2 bridgehead atoms. The Kier molecular flexibility index (Phi) is 3.25. The second kappa shape index (κ2) is 4.64. The number of fused-ring (bicyclic) bond motifs is 3. The molecule has 4 aliphatic rings. The molecule has 4 fully saturated rings. The minimum Gasteiger partial charge on any atom is -0.340 e. The Hall–Kier alpha value is -0.340. The zero-order valence-corrected chi connectivity index (χ0v) is 15.8. The SMILES string of the molecule is C/C=C/C1(CC)OC2CC34CC(C(C)(C)C3CCC4C)C2(C)O1. The molecule has 1 aliphatic heterocycles. The molecule has 130 valence electrons. The summed E-state index contributed by atoms with van der Waals surface area (Å²) in [7, 11) is 0. The van der Waals surface area contributed by atoms with Gasteiger partial charge in [-0.15, -0.1) is 0 Å². The lowest BCUT2D eigenvalue weighted by atomic mass is 9.63. The van der Waals surface area contributed by atoms with E-state index in [9.17, 15) is 0 Å². The number of allylic oxidation sites excluding steroid dienone is 1. The van der Waals surface area contributed by atoms with Crippen LogP contribution in [0, 0.1) is 28.6 Å². The van der Waals surface area contributed by atoms with Crippen LogP contribution in [0.15, 0.2) is 12.2 Å². The van der Waals surface area contributed by atoms with Crippen LogP contribution < -0.4 is 0 Å². The Labute approximate surface area is 142 Å². The van der Waals surface area contributed by atoms with Gasteiger partial charge < -0.3 is 9.47 Å². The predicted molar refractivity (Wildman–Crippen MR) is 93.0 cm³/mol. The lowest BCUT2D eigenvalue weighted by molar-refractivity contribution is -0.170. The zero-order chi connectivity index (χ0) is 16.7. The highest BCUT2D eigenvalue weighted by Gasteiger charge is 2.74. The van der Waals surface area contributed by atoms with E-state index in [-0.39, 0.29) is 11.7 Å². The molecule has 7 atom stereocenters. The first kappa shape index (κ1) is 16.1. The Morgan fingerprint density at radius 2 is 1.83 bits per heavy atom. The van der Waals surface area contributed by atoms with Crippen molar-refractivity contribution in [2.24, 2.45) is 28.6 Å². The molecule has 2 nitrogen and oxygen atoms in total. The molecule has 1 saturated heterocycles. The van der Waals surface area contributed by atoms with Crippen LogP contribution >= 0.6 is 0 Å². The summed E-state index contributed by atoms with van der Waals surface area (Å²) in [5, 5.41) is 0. The second-order valence-electron chi connectivity index (χ2n) is 9.60. The Morgan fingerprint density at radius 1 is 1.09 bits per heavy atom. The van der Waals surface area contributed by atoms with Crippen LogP contribution in [0.2, 0.25) is 0 Å². The molecule has 4 rings (SSSR count). The average molecular weight is 319 g/mol. The Morgan fingerprint density at radius 3 is 2.48 bits per heavy atom. The van der Waals surface area contributed by atoms with E-state index >= 15 is 0 Å². The van der Waals surface area contributed by atoms with Gasteiger partial charge in [0.15, 0.2) is 5.79 Å².